The van der Waals surface area contributed by atoms with Crippen molar-refractivity contribution in [3.05, 3.63) is 48.0 Å². The molecule has 2 aromatic rings. The van der Waals surface area contributed by atoms with Crippen LogP contribution in [0.2, 0.25) is 0 Å². The minimum Gasteiger partial charge on any atom is -0.489 e. The van der Waals surface area contributed by atoms with Crippen LogP contribution in [0.4, 0.5) is 5.69 Å². The molecule has 0 aliphatic rings. The first kappa shape index (κ1) is 15.2. The van der Waals surface area contributed by atoms with Crippen LogP contribution >= 0.6 is 0 Å². The van der Waals surface area contributed by atoms with Crippen LogP contribution in [0, 0.1) is 0 Å². The molecule has 21 heavy (non-hydrogen) atoms. The molecule has 2 aromatic carbocycles. The van der Waals surface area contributed by atoms with Gasteiger partial charge < -0.3 is 15.2 Å². The third-order valence-corrected chi connectivity index (χ3v) is 3.08. The van der Waals surface area contributed by atoms with Gasteiger partial charge in [0, 0.05) is 0 Å². The summed E-state index contributed by atoms with van der Waals surface area (Å²) in [5, 5.41) is 0. The highest BCUT2D eigenvalue weighted by molar-refractivity contribution is 5.63. The second-order valence-electron chi connectivity index (χ2n) is 5.33. The highest BCUT2D eigenvalue weighted by Gasteiger charge is 2.09. The SMILES string of the molecule is CCCc1ccc(Oc2cccc(OC(C)C)c2N)cc1. The molecule has 0 heterocycles. The standard InChI is InChI=1S/C18H23NO2/c1-4-6-14-9-11-15(12-10-14)21-17-8-5-7-16(18(17)19)20-13(2)3/h5,7-13H,4,6,19H2,1-3H3. The van der Waals surface area contributed by atoms with Gasteiger partial charge in [0.25, 0.3) is 0 Å². The molecule has 0 aliphatic carbocycles. The number of hydrogen-bond acceptors (Lipinski definition) is 3. The monoisotopic (exact) mass is 285 g/mol. The molecule has 0 spiro atoms. The maximum Gasteiger partial charge on any atom is 0.154 e. The summed E-state index contributed by atoms with van der Waals surface area (Å²) in [6.45, 7) is 6.12. The van der Waals surface area contributed by atoms with Gasteiger partial charge in [-0.15, -0.1) is 0 Å². The van der Waals surface area contributed by atoms with E-state index in [-0.39, 0.29) is 6.10 Å². The van der Waals surface area contributed by atoms with E-state index in [9.17, 15) is 0 Å². The van der Waals surface area contributed by atoms with Crippen LogP contribution in [-0.2, 0) is 6.42 Å². The van der Waals surface area contributed by atoms with Gasteiger partial charge in [0.2, 0.25) is 0 Å². The summed E-state index contributed by atoms with van der Waals surface area (Å²) in [5.41, 5.74) is 7.95. The smallest absolute Gasteiger partial charge is 0.154 e. The van der Waals surface area contributed by atoms with Crippen molar-refractivity contribution in [3.63, 3.8) is 0 Å². The van der Waals surface area contributed by atoms with Crippen LogP contribution in [0.15, 0.2) is 42.5 Å². The van der Waals surface area contributed by atoms with Crippen molar-refractivity contribution in [2.24, 2.45) is 0 Å². The molecule has 0 aromatic heterocycles. The summed E-state index contributed by atoms with van der Waals surface area (Å²) in [5.74, 6) is 2.06. The van der Waals surface area contributed by atoms with Gasteiger partial charge in [-0.2, -0.15) is 0 Å². The molecule has 0 radical (unpaired) electrons. The minimum atomic E-state index is 0.0795. The van der Waals surface area contributed by atoms with Gasteiger partial charge in [0.1, 0.15) is 17.2 Å². The first-order valence-corrected chi connectivity index (χ1v) is 7.42. The maximum absolute atomic E-state index is 6.11. The van der Waals surface area contributed by atoms with Crippen molar-refractivity contribution in [3.8, 4) is 17.2 Å². The fourth-order valence-electron chi connectivity index (χ4n) is 2.11. The molecule has 0 fully saturated rings. The first-order valence-electron chi connectivity index (χ1n) is 7.42. The lowest BCUT2D eigenvalue weighted by Gasteiger charge is -2.15. The molecule has 0 unspecified atom stereocenters. The summed E-state index contributed by atoms with van der Waals surface area (Å²) in [4.78, 5) is 0. The van der Waals surface area contributed by atoms with Crippen molar-refractivity contribution in [1.29, 1.82) is 0 Å². The molecule has 0 bridgehead atoms. The lowest BCUT2D eigenvalue weighted by Crippen LogP contribution is -2.07. The normalized spacial score (nSPS) is 10.7. The van der Waals surface area contributed by atoms with Gasteiger partial charge in [-0.05, 0) is 50.1 Å². The summed E-state index contributed by atoms with van der Waals surface area (Å²) in [6, 6.07) is 13.7. The minimum absolute atomic E-state index is 0.0795. The molecule has 0 saturated heterocycles. The van der Waals surface area contributed by atoms with Crippen molar-refractivity contribution < 1.29 is 9.47 Å². The summed E-state index contributed by atoms with van der Waals surface area (Å²) >= 11 is 0. The largest absolute Gasteiger partial charge is 0.489 e. The molecule has 2 rings (SSSR count). The average molecular weight is 285 g/mol. The molecule has 0 aliphatic heterocycles. The number of benzene rings is 2. The summed E-state index contributed by atoms with van der Waals surface area (Å²) in [7, 11) is 0. The number of anilines is 1. The molecular formula is C18H23NO2. The molecule has 0 amide bonds. The van der Waals surface area contributed by atoms with Crippen LogP contribution < -0.4 is 15.2 Å². The fourth-order valence-corrected chi connectivity index (χ4v) is 2.11. The molecule has 112 valence electrons. The third kappa shape index (κ3) is 4.15. The molecular weight excluding hydrogens is 262 g/mol. The van der Waals surface area contributed by atoms with Crippen molar-refractivity contribution in [2.45, 2.75) is 39.7 Å². The van der Waals surface area contributed by atoms with Gasteiger partial charge in [-0.3, -0.25) is 0 Å². The Bertz CT molecular complexity index is 576. The van der Waals surface area contributed by atoms with Crippen molar-refractivity contribution in [1.82, 2.24) is 0 Å². The second kappa shape index (κ2) is 7.02. The van der Waals surface area contributed by atoms with E-state index in [0.717, 1.165) is 18.6 Å². The summed E-state index contributed by atoms with van der Waals surface area (Å²) in [6.07, 6.45) is 2.30. The highest BCUT2D eigenvalue weighted by Crippen LogP contribution is 2.35. The number of nitrogen functional groups attached to an aromatic ring is 1. The Morgan fingerprint density at radius 1 is 1.00 bits per heavy atom. The van der Waals surface area contributed by atoms with Gasteiger partial charge >= 0.3 is 0 Å². The quantitative estimate of drug-likeness (QED) is 0.775. The number of hydrogen-bond donors (Lipinski definition) is 1. The first-order chi connectivity index (χ1) is 10.1. The van der Waals surface area contributed by atoms with Crippen molar-refractivity contribution in [2.75, 3.05) is 5.73 Å². The predicted octanol–water partition coefficient (Wildman–Crippen LogP) is 4.80. The number of para-hydroxylation sites is 1. The zero-order chi connectivity index (χ0) is 15.2. The Balaban J connectivity index is 2.15. The molecule has 3 heteroatoms. The lowest BCUT2D eigenvalue weighted by molar-refractivity contribution is 0.243. The Morgan fingerprint density at radius 2 is 1.67 bits per heavy atom. The maximum atomic E-state index is 6.11. The van der Waals surface area contributed by atoms with Gasteiger partial charge in [-0.1, -0.05) is 31.5 Å². The Labute approximate surface area is 126 Å². The predicted molar refractivity (Wildman–Crippen MR) is 87.1 cm³/mol. The van der Waals surface area contributed by atoms with Crippen LogP contribution in [0.5, 0.6) is 17.2 Å². The zero-order valence-electron chi connectivity index (χ0n) is 12.9. The Kier molecular flexibility index (Phi) is 5.09. The molecule has 0 saturated carbocycles. The van der Waals surface area contributed by atoms with E-state index in [4.69, 9.17) is 15.2 Å². The third-order valence-electron chi connectivity index (χ3n) is 3.08. The number of ether oxygens (including phenoxy) is 2. The van der Waals surface area contributed by atoms with Crippen LogP contribution in [-0.4, -0.2) is 6.10 Å². The van der Waals surface area contributed by atoms with E-state index in [1.54, 1.807) is 0 Å². The lowest BCUT2D eigenvalue weighted by atomic mass is 10.1. The van der Waals surface area contributed by atoms with Gasteiger partial charge in [0.05, 0.1) is 6.10 Å². The second-order valence-corrected chi connectivity index (χ2v) is 5.33. The van der Waals surface area contributed by atoms with Crippen LogP contribution in [0.25, 0.3) is 0 Å². The number of nitrogens with two attached hydrogens (primary N) is 1. The zero-order valence-corrected chi connectivity index (χ0v) is 12.9. The van der Waals surface area contributed by atoms with Crippen LogP contribution in [0.3, 0.4) is 0 Å². The Morgan fingerprint density at radius 3 is 2.29 bits per heavy atom. The number of aryl methyl sites for hydroxylation is 1. The molecule has 2 N–H and O–H groups in total. The molecule has 3 nitrogen and oxygen atoms in total. The van der Waals surface area contributed by atoms with E-state index >= 15 is 0 Å². The number of rotatable bonds is 6. The summed E-state index contributed by atoms with van der Waals surface area (Å²) < 4.78 is 11.5. The van der Waals surface area contributed by atoms with E-state index in [2.05, 4.69) is 19.1 Å². The van der Waals surface area contributed by atoms with Gasteiger partial charge in [-0.25, -0.2) is 0 Å². The van der Waals surface area contributed by atoms with E-state index < -0.39 is 0 Å². The van der Waals surface area contributed by atoms with Crippen LogP contribution in [0.1, 0.15) is 32.8 Å². The van der Waals surface area contributed by atoms with E-state index in [0.29, 0.717) is 17.2 Å². The Hall–Kier alpha value is -2.16. The average Bonchev–Trinajstić information content (AvgIpc) is 2.45. The highest BCUT2D eigenvalue weighted by atomic mass is 16.5. The van der Waals surface area contributed by atoms with Gasteiger partial charge in [0.15, 0.2) is 5.75 Å². The van der Waals surface area contributed by atoms with E-state index in [1.807, 2.05) is 44.2 Å². The fraction of sp³-hybridized carbons (Fsp3) is 0.333. The van der Waals surface area contributed by atoms with Crippen molar-refractivity contribution >= 4 is 5.69 Å². The molecule has 0 atom stereocenters. The van der Waals surface area contributed by atoms with E-state index in [1.165, 1.54) is 5.56 Å². The topological polar surface area (TPSA) is 44.5 Å².